The highest BCUT2D eigenvalue weighted by Gasteiger charge is 2.16. The molecule has 0 saturated carbocycles. The summed E-state index contributed by atoms with van der Waals surface area (Å²) in [5, 5.41) is 2.95. The van der Waals surface area contributed by atoms with Gasteiger partial charge in [0, 0.05) is 6.08 Å². The van der Waals surface area contributed by atoms with Gasteiger partial charge in [-0.3, -0.25) is 4.79 Å². The summed E-state index contributed by atoms with van der Waals surface area (Å²) in [6.45, 7) is 0. The molecule has 0 heterocycles. The van der Waals surface area contributed by atoms with Crippen LogP contribution in [-0.4, -0.2) is 26.1 Å². The molecule has 31 heavy (non-hydrogen) atoms. The Labute approximate surface area is 180 Å². The Morgan fingerprint density at radius 2 is 1.45 bits per heavy atom. The summed E-state index contributed by atoms with van der Waals surface area (Å²) in [4.78, 5) is 24.1. The van der Waals surface area contributed by atoms with Crippen molar-refractivity contribution in [3.8, 4) is 5.75 Å². The van der Waals surface area contributed by atoms with Gasteiger partial charge in [-0.1, -0.05) is 36.4 Å². The van der Waals surface area contributed by atoms with Gasteiger partial charge in [-0.2, -0.15) is 0 Å². The Morgan fingerprint density at radius 3 is 2.00 bits per heavy atom. The second kappa shape index (κ2) is 10.2. The molecular formula is C25H22FNO4. The second-order valence-electron chi connectivity index (χ2n) is 6.71. The van der Waals surface area contributed by atoms with Crippen LogP contribution in [0.25, 0.3) is 6.08 Å². The normalized spacial score (nSPS) is 11.7. The van der Waals surface area contributed by atoms with Gasteiger partial charge in [0.25, 0.3) is 0 Å². The van der Waals surface area contributed by atoms with E-state index in [0.717, 1.165) is 16.7 Å². The average molecular weight is 419 g/mol. The molecule has 0 saturated heterocycles. The van der Waals surface area contributed by atoms with Crippen molar-refractivity contribution in [2.75, 3.05) is 14.2 Å². The summed E-state index contributed by atoms with van der Waals surface area (Å²) in [5.41, 5.74) is 2.76. The molecule has 1 unspecified atom stereocenters. The molecule has 0 aromatic heterocycles. The van der Waals surface area contributed by atoms with E-state index in [-0.39, 0.29) is 11.7 Å². The third kappa shape index (κ3) is 5.79. The van der Waals surface area contributed by atoms with Crippen molar-refractivity contribution >= 4 is 18.0 Å². The third-order valence-corrected chi connectivity index (χ3v) is 4.70. The van der Waals surface area contributed by atoms with E-state index >= 15 is 0 Å². The van der Waals surface area contributed by atoms with Crippen LogP contribution in [0, 0.1) is 5.82 Å². The Hall–Kier alpha value is -3.93. The minimum Gasteiger partial charge on any atom is -0.497 e. The van der Waals surface area contributed by atoms with Crippen molar-refractivity contribution in [3.63, 3.8) is 0 Å². The summed E-state index contributed by atoms with van der Waals surface area (Å²) in [6.07, 6.45) is 3.05. The van der Waals surface area contributed by atoms with Gasteiger partial charge < -0.3 is 14.8 Å². The number of benzene rings is 3. The summed E-state index contributed by atoms with van der Waals surface area (Å²) in [7, 11) is 2.90. The molecule has 0 spiro atoms. The van der Waals surface area contributed by atoms with Crippen LogP contribution >= 0.6 is 0 Å². The standard InChI is InChI=1S/C25H22FNO4/c1-30-22-14-10-19(11-15-22)24(18-8-12-21(26)13-9-18)27-23(28)16-5-17-3-6-20(7-4-17)25(29)31-2/h3-16,24H,1-2H3,(H,27,28)/b16-5+. The fraction of sp³-hybridized carbons (Fsp3) is 0.120. The number of halogens is 1. The topological polar surface area (TPSA) is 64.6 Å². The zero-order valence-corrected chi connectivity index (χ0v) is 17.2. The number of ether oxygens (including phenoxy) is 2. The number of hydrogen-bond donors (Lipinski definition) is 1. The molecule has 0 fully saturated rings. The van der Waals surface area contributed by atoms with Gasteiger partial charge in [-0.05, 0) is 59.2 Å². The van der Waals surface area contributed by atoms with Crippen molar-refractivity contribution in [2.45, 2.75) is 6.04 Å². The van der Waals surface area contributed by atoms with Gasteiger partial charge in [0.2, 0.25) is 5.91 Å². The lowest BCUT2D eigenvalue weighted by molar-refractivity contribution is -0.116. The molecule has 3 aromatic rings. The number of rotatable bonds is 7. The Morgan fingerprint density at radius 1 is 0.871 bits per heavy atom. The van der Waals surface area contributed by atoms with Crippen molar-refractivity contribution in [1.82, 2.24) is 5.32 Å². The monoisotopic (exact) mass is 419 g/mol. The molecule has 0 aliphatic carbocycles. The quantitative estimate of drug-likeness (QED) is 0.451. The van der Waals surface area contributed by atoms with Gasteiger partial charge in [0.1, 0.15) is 11.6 Å². The van der Waals surface area contributed by atoms with Crippen molar-refractivity contribution < 1.29 is 23.5 Å². The molecule has 158 valence electrons. The van der Waals surface area contributed by atoms with E-state index < -0.39 is 12.0 Å². The first-order valence-electron chi connectivity index (χ1n) is 9.56. The molecule has 1 N–H and O–H groups in total. The number of carbonyl (C=O) groups is 2. The maximum absolute atomic E-state index is 13.4. The molecule has 0 aliphatic heterocycles. The van der Waals surface area contributed by atoms with Gasteiger partial charge in [-0.25, -0.2) is 9.18 Å². The molecule has 0 bridgehead atoms. The molecule has 6 heteroatoms. The molecule has 0 radical (unpaired) electrons. The third-order valence-electron chi connectivity index (χ3n) is 4.70. The van der Waals surface area contributed by atoms with Crippen LogP contribution in [-0.2, 0) is 9.53 Å². The van der Waals surface area contributed by atoms with E-state index in [1.165, 1.54) is 25.3 Å². The van der Waals surface area contributed by atoms with Crippen molar-refractivity contribution in [2.24, 2.45) is 0 Å². The number of methoxy groups -OCH3 is 2. The van der Waals surface area contributed by atoms with Crippen LogP contribution in [0.2, 0.25) is 0 Å². The molecule has 3 rings (SSSR count). The molecule has 5 nitrogen and oxygen atoms in total. The highest BCUT2D eigenvalue weighted by Crippen LogP contribution is 2.24. The maximum Gasteiger partial charge on any atom is 0.337 e. The first-order valence-corrected chi connectivity index (χ1v) is 9.56. The van der Waals surface area contributed by atoms with Crippen LogP contribution in [0.1, 0.15) is 33.1 Å². The SMILES string of the molecule is COC(=O)c1ccc(/C=C/C(=O)NC(c2ccc(F)cc2)c2ccc(OC)cc2)cc1. The minimum absolute atomic E-state index is 0.317. The number of esters is 1. The highest BCUT2D eigenvalue weighted by atomic mass is 19.1. The summed E-state index contributed by atoms with van der Waals surface area (Å²) >= 11 is 0. The summed E-state index contributed by atoms with van der Waals surface area (Å²) in [5.74, 6) is -0.390. The predicted octanol–water partition coefficient (Wildman–Crippen LogP) is 4.54. The predicted molar refractivity (Wildman–Crippen MR) is 116 cm³/mol. The minimum atomic E-state index is -0.467. The smallest absolute Gasteiger partial charge is 0.337 e. The average Bonchev–Trinajstić information content (AvgIpc) is 2.82. The zero-order valence-electron chi connectivity index (χ0n) is 17.2. The Kier molecular flexibility index (Phi) is 7.17. The van der Waals surface area contributed by atoms with Gasteiger partial charge in [-0.15, -0.1) is 0 Å². The highest BCUT2D eigenvalue weighted by molar-refractivity contribution is 5.93. The van der Waals surface area contributed by atoms with Crippen LogP contribution in [0.15, 0.2) is 78.9 Å². The summed E-state index contributed by atoms with van der Waals surface area (Å²) in [6, 6.07) is 19.5. The zero-order chi connectivity index (χ0) is 22.2. The first kappa shape index (κ1) is 21.8. The Balaban J connectivity index is 1.78. The van der Waals surface area contributed by atoms with Crippen LogP contribution in [0.4, 0.5) is 4.39 Å². The summed E-state index contributed by atoms with van der Waals surface area (Å²) < 4.78 is 23.2. The van der Waals surface area contributed by atoms with Gasteiger partial charge in [0.15, 0.2) is 0 Å². The van der Waals surface area contributed by atoms with E-state index in [2.05, 4.69) is 10.1 Å². The lowest BCUT2D eigenvalue weighted by atomic mass is 9.98. The molecule has 3 aromatic carbocycles. The molecule has 1 atom stereocenters. The van der Waals surface area contributed by atoms with Gasteiger partial charge >= 0.3 is 5.97 Å². The van der Waals surface area contributed by atoms with Crippen LogP contribution < -0.4 is 10.1 Å². The molecule has 1 amide bonds. The van der Waals surface area contributed by atoms with E-state index in [9.17, 15) is 14.0 Å². The van der Waals surface area contributed by atoms with Crippen molar-refractivity contribution in [1.29, 1.82) is 0 Å². The van der Waals surface area contributed by atoms with E-state index in [1.54, 1.807) is 61.7 Å². The van der Waals surface area contributed by atoms with Crippen LogP contribution in [0.3, 0.4) is 0 Å². The van der Waals surface area contributed by atoms with Gasteiger partial charge in [0.05, 0.1) is 25.8 Å². The van der Waals surface area contributed by atoms with Crippen LogP contribution in [0.5, 0.6) is 5.75 Å². The number of nitrogens with one attached hydrogen (secondary N) is 1. The number of carbonyl (C=O) groups excluding carboxylic acids is 2. The lowest BCUT2D eigenvalue weighted by Crippen LogP contribution is -2.27. The lowest BCUT2D eigenvalue weighted by Gasteiger charge is -2.19. The van der Waals surface area contributed by atoms with E-state index in [4.69, 9.17) is 4.74 Å². The first-order chi connectivity index (χ1) is 15.0. The fourth-order valence-corrected chi connectivity index (χ4v) is 3.02. The number of amides is 1. The molecular weight excluding hydrogens is 397 g/mol. The largest absolute Gasteiger partial charge is 0.497 e. The second-order valence-corrected chi connectivity index (χ2v) is 6.71. The van der Waals surface area contributed by atoms with E-state index in [1.807, 2.05) is 12.1 Å². The number of hydrogen-bond acceptors (Lipinski definition) is 4. The van der Waals surface area contributed by atoms with E-state index in [0.29, 0.717) is 11.3 Å². The maximum atomic E-state index is 13.4. The fourth-order valence-electron chi connectivity index (χ4n) is 3.02. The Bertz CT molecular complexity index is 1060. The molecule has 0 aliphatic rings. The van der Waals surface area contributed by atoms with Crippen molar-refractivity contribution in [3.05, 3.63) is 107 Å².